The minimum Gasteiger partial charge on any atom is -0.478 e. The molecule has 1 amide bonds. The van der Waals surface area contributed by atoms with Crippen LogP contribution in [0.2, 0.25) is 0 Å². The van der Waals surface area contributed by atoms with Crippen molar-refractivity contribution in [2.24, 2.45) is 56.7 Å². The number of carbonyl (C=O) groups excluding carboxylic acids is 1. The Morgan fingerprint density at radius 2 is 1.63 bits per heavy atom. The molecule has 9 atom stereocenters. The summed E-state index contributed by atoms with van der Waals surface area (Å²) in [5, 5.41) is 22.4. The number of hydrogen-bond acceptors (Lipinski definition) is 4. The second-order valence-electron chi connectivity index (χ2n) is 18.2. The van der Waals surface area contributed by atoms with Crippen LogP contribution in [0, 0.1) is 56.7 Å². The molecule has 0 aromatic heterocycles. The Hall–Kier alpha value is -2.44. The third-order valence-electron chi connectivity index (χ3n) is 16.1. The summed E-state index contributed by atoms with van der Waals surface area (Å²) in [6.07, 6.45) is 12.5. The van der Waals surface area contributed by atoms with E-state index in [0.29, 0.717) is 48.2 Å². The van der Waals surface area contributed by atoms with Crippen LogP contribution in [0.3, 0.4) is 0 Å². The predicted octanol–water partition coefficient (Wildman–Crippen LogP) is 8.47. The van der Waals surface area contributed by atoms with Crippen LogP contribution >= 0.6 is 0 Å². The lowest BCUT2D eigenvalue weighted by Crippen LogP contribution is -2.66. The molecule has 0 saturated heterocycles. The van der Waals surface area contributed by atoms with Gasteiger partial charge in [0.1, 0.15) is 0 Å². The number of aliphatic hydroxyl groups is 1. The number of carbonyl (C=O) groups is 2. The number of nitrogens with zero attached hydrogens (tertiary/aromatic N) is 1. The maximum absolute atomic E-state index is 14.4. The number of amides is 1. The van der Waals surface area contributed by atoms with Crippen molar-refractivity contribution in [1.82, 2.24) is 10.2 Å². The fraction of sp³-hybridized carbons (Fsp3) is 0.721. The number of aliphatic hydroxyl groups excluding tert-OH is 1. The number of likely N-dealkylation sites (N-methyl/N-ethyl adjacent to an activating group) is 1. The summed E-state index contributed by atoms with van der Waals surface area (Å²) in [5.74, 6) is 1.81. The molecule has 0 aliphatic heterocycles. The van der Waals surface area contributed by atoms with Crippen molar-refractivity contribution in [2.45, 2.75) is 106 Å². The van der Waals surface area contributed by atoms with Crippen molar-refractivity contribution in [1.29, 1.82) is 0 Å². The number of aromatic carboxylic acids is 1. The highest BCUT2D eigenvalue weighted by Crippen LogP contribution is 2.77. The highest BCUT2D eigenvalue weighted by Gasteiger charge is 2.71. The molecule has 6 heteroatoms. The van der Waals surface area contributed by atoms with Crippen LogP contribution in [0.4, 0.5) is 0 Å². The summed E-state index contributed by atoms with van der Waals surface area (Å²) < 4.78 is 0. The third kappa shape index (κ3) is 5.48. The van der Waals surface area contributed by atoms with Gasteiger partial charge in [-0.2, -0.15) is 0 Å². The van der Waals surface area contributed by atoms with Crippen molar-refractivity contribution >= 4 is 17.4 Å². The average Bonchev–Trinajstić information content (AvgIpc) is 3.46. The lowest BCUT2D eigenvalue weighted by atomic mass is 9.32. The van der Waals surface area contributed by atoms with Crippen molar-refractivity contribution in [3.63, 3.8) is 0 Å². The molecule has 0 bridgehead atoms. The van der Waals surface area contributed by atoms with Crippen LogP contribution in [0.25, 0.3) is 5.57 Å². The first-order chi connectivity index (χ1) is 23.1. The second-order valence-corrected chi connectivity index (χ2v) is 18.2. The maximum Gasteiger partial charge on any atom is 0.335 e. The van der Waals surface area contributed by atoms with Crippen LogP contribution in [-0.4, -0.2) is 59.8 Å². The Labute approximate surface area is 296 Å². The van der Waals surface area contributed by atoms with Crippen LogP contribution in [0.5, 0.6) is 0 Å². The molecule has 270 valence electrons. The Morgan fingerprint density at radius 1 is 0.918 bits per heavy atom. The SMILES string of the molecule is C=C(C)[C@@H]1CC[C@]2(C(=O)NCCN(CC)CCO)CC[C@]3(C)[C@H](CC[C@@H]4C5(C)CC=C(c6ccc(C(=O)O)cc6)C(C)(C)[C@@H]5CC[C@]43C)[C@@H]12. The van der Waals surface area contributed by atoms with Crippen LogP contribution in [0.15, 0.2) is 42.5 Å². The smallest absolute Gasteiger partial charge is 0.335 e. The molecular formula is C43H64N2O4. The van der Waals surface area contributed by atoms with Gasteiger partial charge < -0.3 is 15.5 Å². The number of benzene rings is 1. The zero-order chi connectivity index (χ0) is 35.6. The number of nitrogens with one attached hydrogen (secondary N) is 1. The molecule has 1 unspecified atom stereocenters. The zero-order valence-corrected chi connectivity index (χ0v) is 31.5. The first kappa shape index (κ1) is 36.4. The van der Waals surface area contributed by atoms with Gasteiger partial charge in [-0.3, -0.25) is 9.69 Å². The molecule has 6 rings (SSSR count). The van der Waals surface area contributed by atoms with Crippen molar-refractivity contribution in [3.8, 4) is 0 Å². The summed E-state index contributed by atoms with van der Waals surface area (Å²) in [7, 11) is 0. The summed E-state index contributed by atoms with van der Waals surface area (Å²) in [4.78, 5) is 28.2. The van der Waals surface area contributed by atoms with Gasteiger partial charge in [-0.05, 0) is 146 Å². The standard InChI is InChI=1S/C43H64N2O4/c1-9-45(26-27-46)25-24-44-38(49)43-21-16-31(28(2)3)36(43)33-14-15-35-40(6)19-17-32(29-10-12-30(13-11-29)37(47)48)39(4,5)34(40)18-20-42(35,8)41(33,7)22-23-43/h10-13,17,31,33-36,46H,2,9,14-16,18-27H2,1,3-8H3,(H,44,49)(H,47,48)/t31-,33+,34-,35+,36+,40?,41+,42+,43-/m0/s1. The average molecular weight is 673 g/mol. The Kier molecular flexibility index (Phi) is 9.61. The van der Waals surface area contributed by atoms with Crippen molar-refractivity contribution in [2.75, 3.05) is 32.8 Å². The quantitative estimate of drug-likeness (QED) is 0.217. The fourth-order valence-corrected chi connectivity index (χ4v) is 13.5. The van der Waals surface area contributed by atoms with E-state index in [4.69, 9.17) is 0 Å². The third-order valence-corrected chi connectivity index (χ3v) is 16.1. The van der Waals surface area contributed by atoms with Gasteiger partial charge in [0, 0.05) is 19.6 Å². The van der Waals surface area contributed by atoms with Crippen molar-refractivity contribution < 1.29 is 19.8 Å². The van der Waals surface area contributed by atoms with Gasteiger partial charge in [0.25, 0.3) is 0 Å². The van der Waals surface area contributed by atoms with E-state index in [9.17, 15) is 19.8 Å². The van der Waals surface area contributed by atoms with Gasteiger partial charge >= 0.3 is 5.97 Å². The molecule has 5 aliphatic rings. The highest BCUT2D eigenvalue weighted by atomic mass is 16.4. The van der Waals surface area contributed by atoms with Gasteiger partial charge in [-0.25, -0.2) is 4.79 Å². The molecule has 0 heterocycles. The van der Waals surface area contributed by atoms with Crippen LogP contribution < -0.4 is 5.32 Å². The van der Waals surface area contributed by atoms with Crippen LogP contribution in [-0.2, 0) is 4.79 Å². The van der Waals surface area contributed by atoms with Gasteiger partial charge in [-0.15, -0.1) is 0 Å². The second kappa shape index (κ2) is 13.0. The first-order valence-electron chi connectivity index (χ1n) is 19.4. The van der Waals surface area contributed by atoms with E-state index in [1.165, 1.54) is 36.8 Å². The molecule has 4 saturated carbocycles. The van der Waals surface area contributed by atoms with E-state index in [-0.39, 0.29) is 39.6 Å². The molecule has 4 fully saturated rings. The minimum absolute atomic E-state index is 0.0162. The predicted molar refractivity (Wildman–Crippen MR) is 198 cm³/mol. The molecule has 0 spiro atoms. The maximum atomic E-state index is 14.4. The lowest BCUT2D eigenvalue weighted by molar-refractivity contribution is -0.225. The zero-order valence-electron chi connectivity index (χ0n) is 31.5. The van der Waals surface area contributed by atoms with E-state index in [1.54, 1.807) is 12.1 Å². The van der Waals surface area contributed by atoms with E-state index < -0.39 is 5.97 Å². The topological polar surface area (TPSA) is 89.9 Å². The first-order valence-corrected chi connectivity index (χ1v) is 19.4. The van der Waals surface area contributed by atoms with E-state index >= 15 is 0 Å². The lowest BCUT2D eigenvalue weighted by Gasteiger charge is -2.72. The van der Waals surface area contributed by atoms with Crippen LogP contribution in [0.1, 0.15) is 122 Å². The number of carboxylic acid groups (broad SMARTS) is 1. The molecule has 1 aromatic rings. The summed E-state index contributed by atoms with van der Waals surface area (Å²) in [5.41, 5.74) is 4.35. The molecule has 49 heavy (non-hydrogen) atoms. The Morgan fingerprint density at radius 3 is 2.27 bits per heavy atom. The molecule has 3 N–H and O–H groups in total. The number of carboxylic acids is 1. The number of allylic oxidation sites excluding steroid dienone is 3. The van der Waals surface area contributed by atoms with E-state index in [1.807, 2.05) is 12.1 Å². The van der Waals surface area contributed by atoms with Crippen molar-refractivity contribution in [3.05, 3.63) is 53.6 Å². The number of rotatable bonds is 10. The Balaban J connectivity index is 1.29. The van der Waals surface area contributed by atoms with Gasteiger partial charge in [0.05, 0.1) is 17.6 Å². The highest BCUT2D eigenvalue weighted by molar-refractivity contribution is 5.88. The molecule has 5 aliphatic carbocycles. The molecule has 0 radical (unpaired) electrons. The van der Waals surface area contributed by atoms with Gasteiger partial charge in [0.15, 0.2) is 0 Å². The largest absolute Gasteiger partial charge is 0.478 e. The van der Waals surface area contributed by atoms with E-state index in [0.717, 1.165) is 50.8 Å². The summed E-state index contributed by atoms with van der Waals surface area (Å²) >= 11 is 0. The Bertz CT molecular complexity index is 1480. The number of hydrogen-bond donors (Lipinski definition) is 3. The molecule has 6 nitrogen and oxygen atoms in total. The van der Waals surface area contributed by atoms with E-state index in [2.05, 4.69) is 71.3 Å². The summed E-state index contributed by atoms with van der Waals surface area (Å²) in [6, 6.07) is 7.53. The molecule has 1 aromatic carbocycles. The summed E-state index contributed by atoms with van der Waals surface area (Å²) in [6.45, 7) is 24.7. The van der Waals surface area contributed by atoms with Gasteiger partial charge in [0.2, 0.25) is 5.91 Å². The monoisotopic (exact) mass is 672 g/mol. The number of fused-ring (bicyclic) bond motifs is 7. The van der Waals surface area contributed by atoms with Gasteiger partial charge in [-0.1, -0.05) is 71.9 Å². The minimum atomic E-state index is -0.878. The molecular weight excluding hydrogens is 608 g/mol. The normalized spacial score (nSPS) is 39.2. The fourth-order valence-electron chi connectivity index (χ4n) is 13.5.